The van der Waals surface area contributed by atoms with E-state index in [9.17, 15) is 13.2 Å². The lowest BCUT2D eigenvalue weighted by molar-refractivity contribution is -0.137. The molecule has 0 aliphatic carbocycles. The van der Waals surface area contributed by atoms with Crippen LogP contribution < -0.4 is 5.32 Å². The molecular formula is C12H12BrF3N4. The van der Waals surface area contributed by atoms with E-state index in [0.717, 1.165) is 6.07 Å². The van der Waals surface area contributed by atoms with Crippen molar-refractivity contribution in [1.29, 1.82) is 0 Å². The molecule has 0 aliphatic rings. The fraction of sp³-hybridized carbons (Fsp3) is 0.333. The number of nitrogens with zero attached hydrogens (tertiary/aromatic N) is 3. The van der Waals surface area contributed by atoms with Crippen molar-refractivity contribution in [2.75, 3.05) is 5.32 Å². The Morgan fingerprint density at radius 3 is 2.75 bits per heavy atom. The molecule has 0 unspecified atom stereocenters. The number of aromatic nitrogens is 3. The highest BCUT2D eigenvalue weighted by molar-refractivity contribution is 9.10. The van der Waals surface area contributed by atoms with Crippen molar-refractivity contribution in [2.24, 2.45) is 0 Å². The molecule has 0 atom stereocenters. The molecule has 0 amide bonds. The first kappa shape index (κ1) is 14.8. The number of rotatable bonds is 4. The molecule has 108 valence electrons. The zero-order valence-electron chi connectivity index (χ0n) is 10.6. The molecule has 2 rings (SSSR count). The predicted molar refractivity (Wildman–Crippen MR) is 72.2 cm³/mol. The number of anilines is 1. The summed E-state index contributed by atoms with van der Waals surface area (Å²) in [6, 6.07) is 3.80. The minimum absolute atomic E-state index is 0.0116. The van der Waals surface area contributed by atoms with Crippen LogP contribution in [0.5, 0.6) is 0 Å². The predicted octanol–water partition coefficient (Wildman–Crippen LogP) is 3.69. The van der Waals surface area contributed by atoms with Gasteiger partial charge in [0.2, 0.25) is 0 Å². The van der Waals surface area contributed by atoms with Crippen molar-refractivity contribution in [3.63, 3.8) is 0 Å². The summed E-state index contributed by atoms with van der Waals surface area (Å²) in [4.78, 5) is 0. The van der Waals surface area contributed by atoms with Gasteiger partial charge < -0.3 is 9.88 Å². The minimum Gasteiger partial charge on any atom is -0.377 e. The maximum absolute atomic E-state index is 12.9. The van der Waals surface area contributed by atoms with Crippen LogP contribution in [-0.4, -0.2) is 14.8 Å². The van der Waals surface area contributed by atoms with Crippen LogP contribution in [0.3, 0.4) is 0 Å². The summed E-state index contributed by atoms with van der Waals surface area (Å²) in [5.74, 6) is 0.584. The highest BCUT2D eigenvalue weighted by Crippen LogP contribution is 2.36. The Balaban J connectivity index is 2.23. The second-order valence-corrected chi connectivity index (χ2v) is 4.99. The highest BCUT2D eigenvalue weighted by atomic mass is 79.9. The van der Waals surface area contributed by atoms with Crippen LogP contribution in [0.1, 0.15) is 18.3 Å². The highest BCUT2D eigenvalue weighted by Gasteiger charge is 2.33. The molecule has 2 aromatic rings. The lowest BCUT2D eigenvalue weighted by Gasteiger charge is -2.15. The molecule has 1 N–H and O–H groups in total. The molecule has 0 radical (unpaired) electrons. The largest absolute Gasteiger partial charge is 0.418 e. The summed E-state index contributed by atoms with van der Waals surface area (Å²) in [5.41, 5.74) is -0.694. The first-order chi connectivity index (χ1) is 9.41. The van der Waals surface area contributed by atoms with Crippen LogP contribution in [0.4, 0.5) is 18.9 Å². The Labute approximate surface area is 122 Å². The summed E-state index contributed by atoms with van der Waals surface area (Å²) >= 11 is 3.17. The van der Waals surface area contributed by atoms with E-state index in [1.165, 1.54) is 12.1 Å². The monoisotopic (exact) mass is 348 g/mol. The Kier molecular flexibility index (Phi) is 4.32. The third kappa shape index (κ3) is 3.30. The molecule has 1 aromatic carbocycles. The molecule has 0 bridgehead atoms. The molecule has 8 heteroatoms. The standard InChI is InChI=1S/C12H12BrF3N4/c1-2-20-7-18-19-11(20)6-17-10-5-8(13)3-4-9(10)12(14,15)16/h3-5,7,17H,2,6H2,1H3. The Morgan fingerprint density at radius 2 is 2.10 bits per heavy atom. The Bertz CT molecular complexity index is 595. The van der Waals surface area contributed by atoms with E-state index < -0.39 is 11.7 Å². The molecule has 0 spiro atoms. The number of benzene rings is 1. The van der Waals surface area contributed by atoms with Gasteiger partial charge in [-0.3, -0.25) is 0 Å². The summed E-state index contributed by atoms with van der Waals surface area (Å²) in [7, 11) is 0. The van der Waals surface area contributed by atoms with Gasteiger partial charge in [0.1, 0.15) is 6.33 Å². The first-order valence-corrected chi connectivity index (χ1v) is 6.68. The zero-order chi connectivity index (χ0) is 14.8. The Morgan fingerprint density at radius 1 is 1.35 bits per heavy atom. The van der Waals surface area contributed by atoms with Gasteiger partial charge in [-0.05, 0) is 25.1 Å². The molecule has 0 saturated heterocycles. The van der Waals surface area contributed by atoms with Crippen molar-refractivity contribution in [3.8, 4) is 0 Å². The quantitative estimate of drug-likeness (QED) is 0.916. The average Bonchev–Trinajstić information content (AvgIpc) is 2.82. The van der Waals surface area contributed by atoms with Crippen molar-refractivity contribution < 1.29 is 13.2 Å². The average molecular weight is 349 g/mol. The second-order valence-electron chi connectivity index (χ2n) is 4.07. The summed E-state index contributed by atoms with van der Waals surface area (Å²) in [6.45, 7) is 2.75. The fourth-order valence-electron chi connectivity index (χ4n) is 1.76. The van der Waals surface area contributed by atoms with Crippen molar-refractivity contribution >= 4 is 21.6 Å². The van der Waals surface area contributed by atoms with Crippen LogP contribution >= 0.6 is 15.9 Å². The summed E-state index contributed by atoms with van der Waals surface area (Å²) in [6.07, 6.45) is -2.86. The zero-order valence-corrected chi connectivity index (χ0v) is 12.2. The van der Waals surface area contributed by atoms with E-state index >= 15 is 0 Å². The van der Waals surface area contributed by atoms with Crippen LogP contribution in [0, 0.1) is 0 Å². The normalized spacial score (nSPS) is 11.7. The molecule has 4 nitrogen and oxygen atoms in total. The SMILES string of the molecule is CCn1cnnc1CNc1cc(Br)ccc1C(F)(F)F. The molecule has 1 heterocycles. The van der Waals surface area contributed by atoms with Gasteiger partial charge in [-0.25, -0.2) is 0 Å². The van der Waals surface area contributed by atoms with E-state index in [4.69, 9.17) is 0 Å². The van der Waals surface area contributed by atoms with Gasteiger partial charge in [-0.2, -0.15) is 13.2 Å². The van der Waals surface area contributed by atoms with E-state index in [1.54, 1.807) is 10.9 Å². The molecule has 0 fully saturated rings. The lowest BCUT2D eigenvalue weighted by atomic mass is 10.1. The van der Waals surface area contributed by atoms with Crippen molar-refractivity contribution in [3.05, 3.63) is 40.4 Å². The van der Waals surface area contributed by atoms with Gasteiger partial charge in [-0.15, -0.1) is 10.2 Å². The van der Waals surface area contributed by atoms with Gasteiger partial charge in [0.15, 0.2) is 5.82 Å². The van der Waals surface area contributed by atoms with Crippen molar-refractivity contribution in [1.82, 2.24) is 14.8 Å². The van der Waals surface area contributed by atoms with Crippen LogP contribution in [0.15, 0.2) is 29.0 Å². The third-order valence-electron chi connectivity index (χ3n) is 2.76. The maximum atomic E-state index is 12.9. The maximum Gasteiger partial charge on any atom is 0.418 e. The first-order valence-electron chi connectivity index (χ1n) is 5.89. The molecule has 0 saturated carbocycles. The fourth-order valence-corrected chi connectivity index (χ4v) is 2.13. The number of hydrogen-bond donors (Lipinski definition) is 1. The van der Waals surface area contributed by atoms with E-state index in [0.29, 0.717) is 16.8 Å². The molecular weight excluding hydrogens is 337 g/mol. The van der Waals surface area contributed by atoms with E-state index in [1.807, 2.05) is 6.92 Å². The van der Waals surface area contributed by atoms with Gasteiger partial charge in [0.25, 0.3) is 0 Å². The number of nitrogens with one attached hydrogen (secondary N) is 1. The Hall–Kier alpha value is -1.57. The smallest absolute Gasteiger partial charge is 0.377 e. The topological polar surface area (TPSA) is 42.7 Å². The summed E-state index contributed by atoms with van der Waals surface area (Å²) in [5, 5.41) is 10.4. The van der Waals surface area contributed by atoms with Crippen LogP contribution in [-0.2, 0) is 19.3 Å². The van der Waals surface area contributed by atoms with Crippen LogP contribution in [0.2, 0.25) is 0 Å². The van der Waals surface area contributed by atoms with Gasteiger partial charge in [-0.1, -0.05) is 15.9 Å². The minimum atomic E-state index is -4.40. The molecule has 1 aromatic heterocycles. The molecule has 0 aliphatic heterocycles. The third-order valence-corrected chi connectivity index (χ3v) is 3.25. The number of alkyl halides is 3. The number of aryl methyl sites for hydroxylation is 1. The van der Waals surface area contributed by atoms with Crippen molar-refractivity contribution in [2.45, 2.75) is 26.2 Å². The second kappa shape index (κ2) is 5.82. The number of halogens is 4. The molecule has 20 heavy (non-hydrogen) atoms. The summed E-state index contributed by atoms with van der Waals surface area (Å²) < 4.78 is 41.0. The van der Waals surface area contributed by atoms with E-state index in [-0.39, 0.29) is 12.2 Å². The number of hydrogen-bond acceptors (Lipinski definition) is 3. The lowest BCUT2D eigenvalue weighted by Crippen LogP contribution is -2.13. The van der Waals surface area contributed by atoms with Crippen LogP contribution in [0.25, 0.3) is 0 Å². The van der Waals surface area contributed by atoms with Gasteiger partial charge in [0, 0.05) is 16.7 Å². The van der Waals surface area contributed by atoms with Gasteiger partial charge >= 0.3 is 6.18 Å². The van der Waals surface area contributed by atoms with E-state index in [2.05, 4.69) is 31.4 Å². The van der Waals surface area contributed by atoms with Gasteiger partial charge in [0.05, 0.1) is 12.1 Å².